The first-order valence-electron chi connectivity index (χ1n) is 15.4. The zero-order valence-corrected chi connectivity index (χ0v) is 25.5. The van der Waals surface area contributed by atoms with Crippen LogP contribution in [0.5, 0.6) is 5.75 Å². The van der Waals surface area contributed by atoms with Gasteiger partial charge in [0.15, 0.2) is 0 Å². The third kappa shape index (κ3) is 4.94. The molecule has 2 aromatic rings. The third-order valence-corrected chi connectivity index (χ3v) is 10.6. The number of anilines is 1. The van der Waals surface area contributed by atoms with Crippen LogP contribution in [-0.4, -0.2) is 95.9 Å². The predicted molar refractivity (Wildman–Crippen MR) is 161 cm³/mol. The Morgan fingerprint density at radius 1 is 1.00 bits per heavy atom. The summed E-state index contributed by atoms with van der Waals surface area (Å²) in [6.07, 6.45) is 7.04. The number of likely N-dealkylation sites (tertiary alicyclic amines) is 2. The van der Waals surface area contributed by atoms with E-state index < -0.39 is 5.41 Å². The number of fused-ring (bicyclic) bond motifs is 2. The van der Waals surface area contributed by atoms with Gasteiger partial charge in [-0.3, -0.25) is 34.1 Å². The van der Waals surface area contributed by atoms with Gasteiger partial charge in [0.25, 0.3) is 17.7 Å². The first-order valence-corrected chi connectivity index (χ1v) is 16.3. The van der Waals surface area contributed by atoms with Crippen LogP contribution in [0, 0.1) is 5.41 Å². The zero-order chi connectivity index (χ0) is 29.4. The summed E-state index contributed by atoms with van der Waals surface area (Å²) in [5.41, 5.74) is -0.430. The zero-order valence-electron chi connectivity index (χ0n) is 24.7. The highest BCUT2D eigenvalue weighted by molar-refractivity contribution is 7.23. The Balaban J connectivity index is 1.17. The topological polar surface area (TPSA) is 102 Å². The SMILES string of the molecule is CCCC(=O)Nc1sc2c(OC)cccc2c1C(=O)N1CCC(N2CCCC3(C2)C(=O)N2CCCCCN2C3=O)CC1. The highest BCUT2D eigenvalue weighted by Crippen LogP contribution is 2.44. The van der Waals surface area contributed by atoms with Crippen LogP contribution in [0.2, 0.25) is 0 Å². The largest absolute Gasteiger partial charge is 0.495 e. The van der Waals surface area contributed by atoms with Gasteiger partial charge in [0.1, 0.15) is 16.2 Å². The fraction of sp³-hybridized carbons (Fsp3) is 0.613. The first-order chi connectivity index (χ1) is 20.4. The van der Waals surface area contributed by atoms with Crippen molar-refractivity contribution in [3.05, 3.63) is 23.8 Å². The molecule has 1 aromatic carbocycles. The van der Waals surface area contributed by atoms with Gasteiger partial charge in [0.2, 0.25) is 5.91 Å². The maximum Gasteiger partial charge on any atom is 0.258 e. The molecule has 0 saturated carbocycles. The summed E-state index contributed by atoms with van der Waals surface area (Å²) >= 11 is 1.38. The first kappa shape index (κ1) is 28.9. The Morgan fingerprint density at radius 2 is 1.71 bits per heavy atom. The van der Waals surface area contributed by atoms with E-state index in [0.29, 0.717) is 61.9 Å². The number of piperidine rings is 2. The predicted octanol–water partition coefficient (Wildman–Crippen LogP) is 4.11. The maximum absolute atomic E-state index is 14.0. The highest BCUT2D eigenvalue weighted by Gasteiger charge is 2.60. The number of nitrogens with zero attached hydrogens (tertiary/aromatic N) is 4. The van der Waals surface area contributed by atoms with Gasteiger partial charge in [-0.25, -0.2) is 0 Å². The van der Waals surface area contributed by atoms with Crippen LogP contribution in [-0.2, 0) is 14.4 Å². The fourth-order valence-corrected chi connectivity index (χ4v) is 8.46. The van der Waals surface area contributed by atoms with E-state index in [1.807, 2.05) is 30.0 Å². The van der Waals surface area contributed by atoms with E-state index in [2.05, 4.69) is 10.2 Å². The van der Waals surface area contributed by atoms with Gasteiger partial charge in [0.05, 0.1) is 17.4 Å². The molecule has 226 valence electrons. The number of rotatable bonds is 6. The molecule has 0 bridgehead atoms. The second-order valence-corrected chi connectivity index (χ2v) is 13.1. The van der Waals surface area contributed by atoms with E-state index in [1.54, 1.807) is 17.1 Å². The molecule has 4 aliphatic rings. The molecule has 0 atom stereocenters. The average Bonchev–Trinajstić information content (AvgIpc) is 3.30. The van der Waals surface area contributed by atoms with Crippen LogP contribution in [0.4, 0.5) is 5.00 Å². The molecule has 1 N–H and O–H groups in total. The van der Waals surface area contributed by atoms with Gasteiger partial charge in [-0.2, -0.15) is 0 Å². The number of hydrogen-bond acceptors (Lipinski definition) is 7. The summed E-state index contributed by atoms with van der Waals surface area (Å²) in [6.45, 7) is 5.72. The fourth-order valence-electron chi connectivity index (χ4n) is 7.26. The molecule has 0 unspecified atom stereocenters. The van der Waals surface area contributed by atoms with Gasteiger partial charge in [0, 0.05) is 50.6 Å². The van der Waals surface area contributed by atoms with E-state index in [4.69, 9.17) is 4.74 Å². The van der Waals surface area contributed by atoms with Gasteiger partial charge >= 0.3 is 0 Å². The number of thiophene rings is 1. The molecule has 0 radical (unpaired) electrons. The molecular weight excluding hydrogens is 554 g/mol. The highest BCUT2D eigenvalue weighted by atomic mass is 32.1. The molecule has 10 nitrogen and oxygen atoms in total. The van der Waals surface area contributed by atoms with Crippen LogP contribution in [0.15, 0.2) is 18.2 Å². The summed E-state index contributed by atoms with van der Waals surface area (Å²) in [5.74, 6) is 0.471. The van der Waals surface area contributed by atoms with E-state index >= 15 is 0 Å². The average molecular weight is 596 g/mol. The lowest BCUT2D eigenvalue weighted by atomic mass is 9.78. The summed E-state index contributed by atoms with van der Waals surface area (Å²) < 4.78 is 6.40. The van der Waals surface area contributed by atoms with Crippen LogP contribution < -0.4 is 10.1 Å². The third-order valence-electron chi connectivity index (χ3n) is 9.45. The minimum atomic E-state index is -0.956. The lowest BCUT2D eigenvalue weighted by molar-refractivity contribution is -0.145. The Labute approximate surface area is 250 Å². The quantitative estimate of drug-likeness (QED) is 0.505. The molecule has 4 saturated heterocycles. The number of amides is 4. The lowest BCUT2D eigenvalue weighted by Crippen LogP contribution is -2.56. The number of methoxy groups -OCH3 is 1. The summed E-state index contributed by atoms with van der Waals surface area (Å²) in [5, 5.41) is 7.81. The molecule has 11 heteroatoms. The van der Waals surface area contributed by atoms with Crippen LogP contribution in [0.3, 0.4) is 0 Å². The Bertz CT molecular complexity index is 1360. The molecule has 0 aliphatic carbocycles. The van der Waals surface area contributed by atoms with Crippen molar-refractivity contribution in [1.29, 1.82) is 0 Å². The van der Waals surface area contributed by atoms with Crippen molar-refractivity contribution in [3.8, 4) is 5.75 Å². The van der Waals surface area contributed by atoms with Crippen molar-refractivity contribution in [3.63, 3.8) is 0 Å². The monoisotopic (exact) mass is 595 g/mol. The van der Waals surface area contributed by atoms with Crippen molar-refractivity contribution in [1.82, 2.24) is 19.8 Å². The Kier molecular flexibility index (Phi) is 8.15. The molecule has 4 aliphatic heterocycles. The van der Waals surface area contributed by atoms with Crippen LogP contribution in [0.25, 0.3) is 10.1 Å². The normalized spacial score (nSPS) is 21.6. The van der Waals surface area contributed by atoms with Crippen molar-refractivity contribution >= 4 is 50.1 Å². The molecule has 5 heterocycles. The van der Waals surface area contributed by atoms with Gasteiger partial charge < -0.3 is 15.0 Å². The molecular formula is C31H41N5O5S. The van der Waals surface area contributed by atoms with E-state index in [-0.39, 0.29) is 29.7 Å². The molecule has 6 rings (SSSR count). The summed E-state index contributed by atoms with van der Waals surface area (Å²) in [7, 11) is 1.61. The smallest absolute Gasteiger partial charge is 0.258 e. The van der Waals surface area contributed by atoms with Crippen molar-refractivity contribution in [2.75, 3.05) is 51.7 Å². The molecule has 1 spiro atoms. The van der Waals surface area contributed by atoms with Crippen LogP contribution in [0.1, 0.15) is 75.1 Å². The molecule has 42 heavy (non-hydrogen) atoms. The number of nitrogens with one attached hydrogen (secondary N) is 1. The van der Waals surface area contributed by atoms with Crippen LogP contribution >= 0.6 is 11.3 Å². The molecule has 4 amide bonds. The van der Waals surface area contributed by atoms with Crippen molar-refractivity contribution in [2.24, 2.45) is 5.41 Å². The molecule has 1 aromatic heterocycles. The lowest BCUT2D eigenvalue weighted by Gasteiger charge is -2.44. The van der Waals surface area contributed by atoms with E-state index in [0.717, 1.165) is 61.6 Å². The van der Waals surface area contributed by atoms with E-state index in [1.165, 1.54) is 11.3 Å². The maximum atomic E-state index is 14.0. The Morgan fingerprint density at radius 3 is 2.38 bits per heavy atom. The molecule has 4 fully saturated rings. The van der Waals surface area contributed by atoms with Gasteiger partial charge in [-0.1, -0.05) is 19.1 Å². The second-order valence-electron chi connectivity index (χ2n) is 12.0. The number of hydrogen-bond donors (Lipinski definition) is 1. The minimum Gasteiger partial charge on any atom is -0.495 e. The van der Waals surface area contributed by atoms with Gasteiger partial charge in [-0.15, -0.1) is 11.3 Å². The summed E-state index contributed by atoms with van der Waals surface area (Å²) in [6, 6.07) is 5.87. The number of hydrazine groups is 1. The standard InChI is InChI=1S/C31H41N5O5S/c1-3-9-24(37)32-27-25(22-10-7-11-23(41-2)26(22)42-27)28(38)33-18-12-21(13-19-33)34-15-8-14-31(20-34)29(39)35-16-5-4-6-17-36(35)30(31)40/h7,10-11,21H,3-6,8-9,12-20H2,1-2H3,(H,32,37). The van der Waals surface area contributed by atoms with Gasteiger partial charge in [-0.05, 0) is 64.0 Å². The van der Waals surface area contributed by atoms with Crippen molar-refractivity contribution < 1.29 is 23.9 Å². The minimum absolute atomic E-state index is 0.0101. The number of carbonyl (C=O) groups is 4. The summed E-state index contributed by atoms with van der Waals surface area (Å²) in [4.78, 5) is 58.0. The number of ether oxygens (including phenoxy) is 1. The van der Waals surface area contributed by atoms with Crippen molar-refractivity contribution in [2.45, 2.75) is 70.8 Å². The number of benzene rings is 1. The Hall–Kier alpha value is -3.18. The second kappa shape index (κ2) is 11.8. The van der Waals surface area contributed by atoms with E-state index in [9.17, 15) is 19.2 Å². The number of carbonyl (C=O) groups excluding carboxylic acids is 4.